The quantitative estimate of drug-likeness (QED) is 0.904. The van der Waals surface area contributed by atoms with E-state index >= 15 is 0 Å². The number of hydrogen-bond donors (Lipinski definition) is 1. The molecule has 1 aliphatic rings. The van der Waals surface area contributed by atoms with Crippen LogP contribution in [0.3, 0.4) is 0 Å². The van der Waals surface area contributed by atoms with Crippen molar-refractivity contribution in [2.75, 3.05) is 0 Å². The molecule has 0 aliphatic carbocycles. The summed E-state index contributed by atoms with van der Waals surface area (Å²) >= 11 is 0. The molecule has 2 rings (SSSR count). The highest BCUT2D eigenvalue weighted by Crippen LogP contribution is 2.46. The van der Waals surface area contributed by atoms with Gasteiger partial charge in [0.25, 0.3) is 5.92 Å². The van der Waals surface area contributed by atoms with Crippen molar-refractivity contribution < 1.29 is 18.6 Å². The first-order chi connectivity index (χ1) is 10.3. The number of aliphatic hydroxyl groups is 1. The first kappa shape index (κ1) is 17.0. The number of alkyl halides is 2. The minimum absolute atomic E-state index is 0.588. The Kier molecular flexibility index (Phi) is 4.97. The number of aliphatic hydroxyl groups excluding tert-OH is 1. The average Bonchev–Trinajstić information content (AvgIpc) is 2.68. The highest BCUT2D eigenvalue weighted by molar-refractivity contribution is 5.03. The second kappa shape index (κ2) is 6.42. The predicted molar refractivity (Wildman–Crippen MR) is 76.8 cm³/mol. The minimum Gasteiger partial charge on any atom is -0.391 e. The Labute approximate surface area is 127 Å². The van der Waals surface area contributed by atoms with Gasteiger partial charge in [-0.25, -0.2) is 13.6 Å². The van der Waals surface area contributed by atoms with E-state index in [1.807, 2.05) is 6.92 Å². The summed E-state index contributed by atoms with van der Waals surface area (Å²) in [7, 11) is 0. The zero-order valence-electron chi connectivity index (χ0n) is 13.0. The van der Waals surface area contributed by atoms with E-state index in [0.29, 0.717) is 12.1 Å². The van der Waals surface area contributed by atoms with Gasteiger partial charge in [0.05, 0.1) is 18.1 Å². The highest BCUT2D eigenvalue weighted by atomic mass is 19.3. The van der Waals surface area contributed by atoms with Gasteiger partial charge in [0.2, 0.25) is 6.23 Å². The van der Waals surface area contributed by atoms with E-state index < -0.39 is 36.0 Å². The van der Waals surface area contributed by atoms with Crippen LogP contribution in [0.4, 0.5) is 8.78 Å². The third-order valence-electron chi connectivity index (χ3n) is 4.12. The number of aryl methyl sites for hydroxylation is 1. The van der Waals surface area contributed by atoms with Gasteiger partial charge in [0.15, 0.2) is 0 Å². The molecule has 1 aliphatic heterocycles. The number of hydrogen-bond acceptors (Lipinski definition) is 4. The lowest BCUT2D eigenvalue weighted by molar-refractivity contribution is -0.130. The Morgan fingerprint density at radius 3 is 2.73 bits per heavy atom. The van der Waals surface area contributed by atoms with Crippen molar-refractivity contribution in [1.82, 2.24) is 9.55 Å². The van der Waals surface area contributed by atoms with Crippen LogP contribution in [0.1, 0.15) is 45.5 Å². The molecule has 0 radical (unpaired) electrons. The van der Waals surface area contributed by atoms with E-state index in [-0.39, 0.29) is 0 Å². The van der Waals surface area contributed by atoms with Crippen LogP contribution in [-0.2, 0) is 11.2 Å². The Hall–Kier alpha value is -1.34. The van der Waals surface area contributed by atoms with E-state index in [9.17, 15) is 18.7 Å². The number of halogens is 2. The average molecular weight is 316 g/mol. The minimum atomic E-state index is -3.25. The summed E-state index contributed by atoms with van der Waals surface area (Å²) in [6, 6.07) is 1.57. The maximum atomic E-state index is 14.4. The van der Waals surface area contributed by atoms with Crippen molar-refractivity contribution in [1.29, 1.82) is 0 Å². The zero-order valence-corrected chi connectivity index (χ0v) is 13.0. The smallest absolute Gasteiger partial charge is 0.350 e. The van der Waals surface area contributed by atoms with Crippen LogP contribution in [0.25, 0.3) is 0 Å². The molecule has 0 bridgehead atoms. The molecule has 0 saturated carbocycles. The molecular weight excluding hydrogens is 294 g/mol. The van der Waals surface area contributed by atoms with E-state index in [4.69, 9.17) is 4.74 Å². The summed E-state index contributed by atoms with van der Waals surface area (Å²) in [6.45, 7) is 4.73. The molecule has 1 aromatic heterocycles. The number of aromatic nitrogens is 2. The van der Waals surface area contributed by atoms with Gasteiger partial charge in [-0.2, -0.15) is 4.98 Å². The van der Waals surface area contributed by atoms with Gasteiger partial charge in [0.1, 0.15) is 0 Å². The van der Waals surface area contributed by atoms with Gasteiger partial charge in [-0.05, 0) is 25.8 Å². The molecule has 124 valence electrons. The summed E-state index contributed by atoms with van der Waals surface area (Å²) in [5, 5.41) is 9.57. The van der Waals surface area contributed by atoms with Gasteiger partial charge in [0, 0.05) is 11.9 Å². The van der Waals surface area contributed by atoms with Crippen LogP contribution in [0.15, 0.2) is 17.1 Å². The van der Waals surface area contributed by atoms with E-state index in [2.05, 4.69) is 4.98 Å². The van der Waals surface area contributed by atoms with Gasteiger partial charge in [-0.15, -0.1) is 0 Å². The van der Waals surface area contributed by atoms with Crippen molar-refractivity contribution in [2.24, 2.45) is 5.92 Å². The fourth-order valence-electron chi connectivity index (χ4n) is 2.71. The molecule has 0 spiro atoms. The maximum Gasteiger partial charge on any atom is 0.350 e. The molecule has 1 aromatic rings. The van der Waals surface area contributed by atoms with Crippen LogP contribution in [0, 0.1) is 5.92 Å². The summed E-state index contributed by atoms with van der Waals surface area (Å²) < 4.78 is 34.8. The SMILES string of the molecule is CCCCc1ccn(C2OC(C(C)O)C(C)C2(F)F)c(=O)n1. The Balaban J connectivity index is 2.29. The first-order valence-electron chi connectivity index (χ1n) is 7.58. The molecule has 5 nitrogen and oxygen atoms in total. The summed E-state index contributed by atoms with van der Waals surface area (Å²) in [5.74, 6) is -4.44. The summed E-state index contributed by atoms with van der Waals surface area (Å²) in [5.41, 5.74) is -0.166. The van der Waals surface area contributed by atoms with E-state index in [0.717, 1.165) is 17.4 Å². The number of nitrogens with zero attached hydrogens (tertiary/aromatic N) is 2. The Morgan fingerprint density at radius 1 is 1.55 bits per heavy atom. The monoisotopic (exact) mass is 316 g/mol. The van der Waals surface area contributed by atoms with Crippen molar-refractivity contribution in [3.63, 3.8) is 0 Å². The Bertz CT molecular complexity index is 574. The van der Waals surface area contributed by atoms with Crippen LogP contribution >= 0.6 is 0 Å². The van der Waals surface area contributed by atoms with Gasteiger partial charge < -0.3 is 9.84 Å². The second-order valence-corrected chi connectivity index (χ2v) is 5.87. The molecule has 7 heteroatoms. The molecule has 1 saturated heterocycles. The van der Waals surface area contributed by atoms with E-state index in [1.165, 1.54) is 20.0 Å². The molecule has 22 heavy (non-hydrogen) atoms. The molecule has 4 atom stereocenters. The van der Waals surface area contributed by atoms with Crippen LogP contribution in [0.5, 0.6) is 0 Å². The molecule has 0 aromatic carbocycles. The molecule has 0 amide bonds. The lowest BCUT2D eigenvalue weighted by Crippen LogP contribution is -2.38. The fraction of sp³-hybridized carbons (Fsp3) is 0.733. The zero-order chi connectivity index (χ0) is 16.5. The van der Waals surface area contributed by atoms with Crippen LogP contribution in [-0.4, -0.2) is 32.8 Å². The Morgan fingerprint density at radius 2 is 2.23 bits per heavy atom. The second-order valence-electron chi connectivity index (χ2n) is 5.87. The predicted octanol–water partition coefficient (Wildman–Crippen LogP) is 2.14. The maximum absolute atomic E-state index is 14.4. The van der Waals surface area contributed by atoms with E-state index in [1.54, 1.807) is 6.07 Å². The first-order valence-corrected chi connectivity index (χ1v) is 7.58. The molecule has 2 heterocycles. The number of unbranched alkanes of at least 4 members (excludes halogenated alkanes) is 1. The van der Waals surface area contributed by atoms with Crippen molar-refractivity contribution >= 4 is 0 Å². The molecule has 1 fully saturated rings. The normalized spacial score (nSPS) is 28.7. The number of rotatable bonds is 5. The largest absolute Gasteiger partial charge is 0.391 e. The van der Waals surface area contributed by atoms with Gasteiger partial charge in [-0.3, -0.25) is 4.57 Å². The number of ether oxygens (including phenoxy) is 1. The van der Waals surface area contributed by atoms with Crippen LogP contribution in [0.2, 0.25) is 0 Å². The lowest BCUT2D eigenvalue weighted by Gasteiger charge is -2.22. The summed E-state index contributed by atoms with van der Waals surface area (Å²) in [4.78, 5) is 15.9. The highest BCUT2D eigenvalue weighted by Gasteiger charge is 2.58. The van der Waals surface area contributed by atoms with Crippen molar-refractivity contribution in [2.45, 2.75) is 64.4 Å². The third-order valence-corrected chi connectivity index (χ3v) is 4.12. The summed E-state index contributed by atoms with van der Waals surface area (Å²) in [6.07, 6.45) is -0.0139. The molecular formula is C15H22F2N2O3. The standard InChI is InChI=1S/C15H22F2N2O3/c1-4-5-6-11-7-8-19(14(21)18-11)13-15(16,17)9(2)12(22-13)10(3)20/h7-10,12-13,20H,4-6H2,1-3H3. The lowest BCUT2D eigenvalue weighted by atomic mass is 9.96. The molecule has 4 unspecified atom stereocenters. The van der Waals surface area contributed by atoms with Crippen LogP contribution < -0.4 is 5.69 Å². The topological polar surface area (TPSA) is 64.3 Å². The molecule has 1 N–H and O–H groups in total. The van der Waals surface area contributed by atoms with Crippen molar-refractivity contribution in [3.8, 4) is 0 Å². The van der Waals surface area contributed by atoms with Crippen molar-refractivity contribution in [3.05, 3.63) is 28.4 Å². The third kappa shape index (κ3) is 3.05. The fourth-order valence-corrected chi connectivity index (χ4v) is 2.71. The van der Waals surface area contributed by atoms with Gasteiger partial charge >= 0.3 is 5.69 Å². The van der Waals surface area contributed by atoms with Gasteiger partial charge in [-0.1, -0.05) is 20.3 Å².